The molecule has 0 bridgehead atoms. The van der Waals surface area contributed by atoms with E-state index in [1.165, 1.54) is 12.8 Å². The molecule has 0 aromatic carbocycles. The van der Waals surface area contributed by atoms with E-state index in [0.717, 1.165) is 32.4 Å². The first-order valence-corrected chi connectivity index (χ1v) is 6.97. The predicted molar refractivity (Wildman–Crippen MR) is 69.1 cm³/mol. The molecule has 1 aliphatic heterocycles. The molecular formula is C13H23N3O2. The average Bonchev–Trinajstić information content (AvgIpc) is 2.78. The van der Waals surface area contributed by atoms with E-state index in [4.69, 9.17) is 0 Å². The Hall–Kier alpha value is -1.10. The van der Waals surface area contributed by atoms with E-state index < -0.39 is 0 Å². The zero-order valence-corrected chi connectivity index (χ0v) is 11.2. The topological polar surface area (TPSA) is 52.7 Å². The molecule has 2 fully saturated rings. The van der Waals surface area contributed by atoms with Crippen LogP contribution in [0.1, 0.15) is 32.1 Å². The van der Waals surface area contributed by atoms with Crippen molar-refractivity contribution in [1.29, 1.82) is 0 Å². The summed E-state index contributed by atoms with van der Waals surface area (Å²) < 4.78 is 0. The van der Waals surface area contributed by atoms with Crippen molar-refractivity contribution in [2.75, 3.05) is 33.2 Å². The first-order valence-electron chi connectivity index (χ1n) is 6.97. The van der Waals surface area contributed by atoms with Crippen molar-refractivity contribution < 1.29 is 9.59 Å². The first kappa shape index (κ1) is 13.3. The molecular weight excluding hydrogens is 230 g/mol. The van der Waals surface area contributed by atoms with Gasteiger partial charge in [0.05, 0.1) is 0 Å². The van der Waals surface area contributed by atoms with Gasteiger partial charge in [0.2, 0.25) is 0 Å². The molecule has 1 saturated carbocycles. The maximum atomic E-state index is 12.2. The van der Waals surface area contributed by atoms with Crippen LogP contribution in [-0.4, -0.2) is 60.9 Å². The van der Waals surface area contributed by atoms with Crippen molar-refractivity contribution in [3.63, 3.8) is 0 Å². The molecule has 102 valence electrons. The van der Waals surface area contributed by atoms with E-state index in [1.807, 2.05) is 0 Å². The third-order valence-corrected chi connectivity index (χ3v) is 4.00. The highest BCUT2D eigenvalue weighted by molar-refractivity contribution is 6.34. The summed E-state index contributed by atoms with van der Waals surface area (Å²) in [5, 5.41) is 3.24. The summed E-state index contributed by atoms with van der Waals surface area (Å²) in [6.07, 6.45) is 5.34. The number of rotatable bonds is 1. The van der Waals surface area contributed by atoms with Gasteiger partial charge in [-0.2, -0.15) is 0 Å². The molecule has 0 atom stereocenters. The Morgan fingerprint density at radius 3 is 2.56 bits per heavy atom. The van der Waals surface area contributed by atoms with Gasteiger partial charge in [-0.3, -0.25) is 9.59 Å². The van der Waals surface area contributed by atoms with Gasteiger partial charge in [-0.25, -0.2) is 0 Å². The monoisotopic (exact) mass is 253 g/mol. The van der Waals surface area contributed by atoms with Gasteiger partial charge >= 0.3 is 11.8 Å². The van der Waals surface area contributed by atoms with E-state index in [2.05, 4.69) is 5.32 Å². The molecule has 2 rings (SSSR count). The lowest BCUT2D eigenvalue weighted by atomic mass is 10.2. The van der Waals surface area contributed by atoms with E-state index in [-0.39, 0.29) is 17.9 Å². The molecule has 0 aromatic rings. The SMILES string of the molecule is CN(C(=O)C(=O)N1CCCNCC1)C1CCCC1. The van der Waals surface area contributed by atoms with Crippen LogP contribution in [0.15, 0.2) is 0 Å². The molecule has 1 N–H and O–H groups in total. The summed E-state index contributed by atoms with van der Waals surface area (Å²) >= 11 is 0. The van der Waals surface area contributed by atoms with Crippen LogP contribution in [0.5, 0.6) is 0 Å². The van der Waals surface area contributed by atoms with Crippen LogP contribution in [-0.2, 0) is 9.59 Å². The summed E-state index contributed by atoms with van der Waals surface area (Å²) in [7, 11) is 1.77. The Labute approximate surface area is 108 Å². The number of carbonyl (C=O) groups excluding carboxylic acids is 2. The predicted octanol–water partition coefficient (Wildman–Crippen LogP) is 0.209. The Kier molecular flexibility index (Phi) is 4.58. The third kappa shape index (κ3) is 3.02. The quantitative estimate of drug-likeness (QED) is 0.680. The smallest absolute Gasteiger partial charge is 0.312 e. The van der Waals surface area contributed by atoms with Gasteiger partial charge in [-0.15, -0.1) is 0 Å². The van der Waals surface area contributed by atoms with Crippen LogP contribution >= 0.6 is 0 Å². The Morgan fingerprint density at radius 2 is 1.83 bits per heavy atom. The summed E-state index contributed by atoms with van der Waals surface area (Å²) in [6, 6.07) is 0.270. The van der Waals surface area contributed by atoms with Crippen LogP contribution in [0, 0.1) is 0 Å². The van der Waals surface area contributed by atoms with Gasteiger partial charge in [0.15, 0.2) is 0 Å². The molecule has 1 heterocycles. The van der Waals surface area contributed by atoms with E-state index in [0.29, 0.717) is 13.1 Å². The molecule has 0 aromatic heterocycles. The summed E-state index contributed by atoms with van der Waals surface area (Å²) in [6.45, 7) is 3.04. The van der Waals surface area contributed by atoms with Crippen molar-refractivity contribution >= 4 is 11.8 Å². The van der Waals surface area contributed by atoms with Crippen LogP contribution in [0.2, 0.25) is 0 Å². The molecule has 0 spiro atoms. The largest absolute Gasteiger partial charge is 0.335 e. The summed E-state index contributed by atoms with van der Waals surface area (Å²) in [5.41, 5.74) is 0. The molecule has 0 unspecified atom stereocenters. The number of nitrogens with zero attached hydrogens (tertiary/aromatic N) is 2. The summed E-state index contributed by atoms with van der Waals surface area (Å²) in [4.78, 5) is 27.7. The maximum absolute atomic E-state index is 12.2. The van der Waals surface area contributed by atoms with Crippen molar-refractivity contribution in [2.24, 2.45) is 0 Å². The van der Waals surface area contributed by atoms with E-state index in [1.54, 1.807) is 16.8 Å². The Bertz CT molecular complexity index is 293. The molecule has 1 aliphatic carbocycles. The molecule has 0 radical (unpaired) electrons. The van der Waals surface area contributed by atoms with Gasteiger partial charge in [-0.1, -0.05) is 12.8 Å². The number of amides is 2. The van der Waals surface area contributed by atoms with Crippen LogP contribution in [0.4, 0.5) is 0 Å². The second-order valence-electron chi connectivity index (χ2n) is 5.25. The minimum Gasteiger partial charge on any atom is -0.335 e. The molecule has 5 heteroatoms. The average molecular weight is 253 g/mol. The fourth-order valence-corrected chi connectivity index (χ4v) is 2.79. The number of hydrogen-bond acceptors (Lipinski definition) is 3. The highest BCUT2D eigenvalue weighted by Crippen LogP contribution is 2.22. The maximum Gasteiger partial charge on any atom is 0.312 e. The molecule has 5 nitrogen and oxygen atoms in total. The minimum atomic E-state index is -0.330. The Balaban J connectivity index is 1.92. The number of carbonyl (C=O) groups is 2. The van der Waals surface area contributed by atoms with Crippen LogP contribution in [0.3, 0.4) is 0 Å². The standard InChI is InChI=1S/C13H23N3O2/c1-15(11-5-2-3-6-11)12(17)13(18)16-9-4-7-14-8-10-16/h11,14H,2-10H2,1H3. The van der Waals surface area contributed by atoms with Crippen molar-refractivity contribution in [3.8, 4) is 0 Å². The van der Waals surface area contributed by atoms with Gasteiger partial charge < -0.3 is 15.1 Å². The second-order valence-corrected chi connectivity index (χ2v) is 5.25. The lowest BCUT2D eigenvalue weighted by Crippen LogP contribution is -2.47. The molecule has 2 aliphatic rings. The lowest BCUT2D eigenvalue weighted by Gasteiger charge is -2.27. The van der Waals surface area contributed by atoms with Crippen LogP contribution in [0.25, 0.3) is 0 Å². The normalized spacial score (nSPS) is 21.7. The highest BCUT2D eigenvalue weighted by atomic mass is 16.2. The Morgan fingerprint density at radius 1 is 1.11 bits per heavy atom. The number of likely N-dealkylation sites (N-methyl/N-ethyl adjacent to an activating group) is 1. The zero-order chi connectivity index (χ0) is 13.0. The highest BCUT2D eigenvalue weighted by Gasteiger charge is 2.30. The number of nitrogens with one attached hydrogen (secondary N) is 1. The number of hydrogen-bond donors (Lipinski definition) is 1. The van der Waals surface area contributed by atoms with Crippen LogP contribution < -0.4 is 5.32 Å². The van der Waals surface area contributed by atoms with Gasteiger partial charge in [-0.05, 0) is 25.8 Å². The minimum absolute atomic E-state index is 0.270. The van der Waals surface area contributed by atoms with Crippen molar-refractivity contribution in [1.82, 2.24) is 15.1 Å². The molecule has 2 amide bonds. The fraction of sp³-hybridized carbons (Fsp3) is 0.846. The van der Waals surface area contributed by atoms with Gasteiger partial charge in [0.1, 0.15) is 0 Å². The molecule has 1 saturated heterocycles. The van der Waals surface area contributed by atoms with Gasteiger partial charge in [0.25, 0.3) is 0 Å². The van der Waals surface area contributed by atoms with E-state index >= 15 is 0 Å². The third-order valence-electron chi connectivity index (χ3n) is 4.00. The summed E-state index contributed by atoms with van der Waals surface area (Å²) in [5.74, 6) is -0.656. The van der Waals surface area contributed by atoms with Gasteiger partial charge in [0, 0.05) is 32.7 Å². The van der Waals surface area contributed by atoms with E-state index in [9.17, 15) is 9.59 Å². The first-order chi connectivity index (χ1) is 8.70. The van der Waals surface area contributed by atoms with Crippen molar-refractivity contribution in [2.45, 2.75) is 38.1 Å². The van der Waals surface area contributed by atoms with Crippen molar-refractivity contribution in [3.05, 3.63) is 0 Å². The fourth-order valence-electron chi connectivity index (χ4n) is 2.79. The lowest BCUT2D eigenvalue weighted by molar-refractivity contribution is -0.152. The second kappa shape index (κ2) is 6.18. The zero-order valence-electron chi connectivity index (χ0n) is 11.2. The molecule has 18 heavy (non-hydrogen) atoms.